The molecule has 0 saturated heterocycles. The van der Waals surface area contributed by atoms with Crippen molar-refractivity contribution in [1.29, 1.82) is 0 Å². The molecule has 1 aromatic heterocycles. The summed E-state index contributed by atoms with van der Waals surface area (Å²) in [7, 11) is 0. The maximum atomic E-state index is 11.9. The molecule has 0 radical (unpaired) electrons. The molecule has 1 aromatic rings. The van der Waals surface area contributed by atoms with Crippen molar-refractivity contribution in [3.05, 3.63) is 22.5 Å². The number of alkyl halides is 3. The van der Waals surface area contributed by atoms with Crippen molar-refractivity contribution < 1.29 is 28.0 Å². The van der Waals surface area contributed by atoms with Crippen LogP contribution in [0.2, 0.25) is 0 Å². The van der Waals surface area contributed by atoms with E-state index in [2.05, 4.69) is 5.10 Å². The molecule has 106 valence electrons. The Morgan fingerprint density at radius 1 is 1.63 bits per heavy atom. The van der Waals surface area contributed by atoms with Crippen LogP contribution in [0, 0.1) is 10.1 Å². The van der Waals surface area contributed by atoms with Gasteiger partial charge in [-0.3, -0.25) is 19.6 Å². The zero-order chi connectivity index (χ0) is 14.6. The standard InChI is InChI=1S/C8H9F3N4O4/c9-8(10,11)6(16)2-12-7(17)4-14-3-5(1-13-14)15(18)19/h1,3,6,16H,2,4H2,(H,12,17). The number of nitro groups is 1. The Bertz CT molecular complexity index is 473. The molecule has 1 amide bonds. The summed E-state index contributed by atoms with van der Waals surface area (Å²) in [6.07, 6.45) is -5.63. The molecule has 8 nitrogen and oxygen atoms in total. The first-order valence-electron chi connectivity index (χ1n) is 4.88. The third-order valence-electron chi connectivity index (χ3n) is 2.01. The quantitative estimate of drug-likeness (QED) is 0.575. The average molecular weight is 282 g/mol. The highest BCUT2D eigenvalue weighted by molar-refractivity contribution is 5.75. The van der Waals surface area contributed by atoms with E-state index in [1.807, 2.05) is 5.32 Å². The van der Waals surface area contributed by atoms with Crippen molar-refractivity contribution in [3.63, 3.8) is 0 Å². The van der Waals surface area contributed by atoms with Gasteiger partial charge in [-0.15, -0.1) is 0 Å². The van der Waals surface area contributed by atoms with Crippen LogP contribution >= 0.6 is 0 Å². The first-order chi connectivity index (χ1) is 8.70. The van der Waals surface area contributed by atoms with Crippen LogP contribution in [-0.4, -0.2) is 44.5 Å². The highest BCUT2D eigenvalue weighted by Crippen LogP contribution is 2.19. The molecule has 2 N–H and O–H groups in total. The Labute approximate surface area is 104 Å². The number of rotatable bonds is 5. The first kappa shape index (κ1) is 14.9. The number of halogens is 3. The number of aliphatic hydroxyl groups is 1. The molecule has 1 atom stereocenters. The number of aliphatic hydroxyl groups excluding tert-OH is 1. The number of carbonyl (C=O) groups excluding carboxylic acids is 1. The summed E-state index contributed by atoms with van der Waals surface area (Å²) >= 11 is 0. The maximum Gasteiger partial charge on any atom is 0.416 e. The number of nitrogens with zero attached hydrogens (tertiary/aromatic N) is 3. The Balaban J connectivity index is 2.45. The van der Waals surface area contributed by atoms with Crippen molar-refractivity contribution in [2.45, 2.75) is 18.8 Å². The number of hydrogen-bond acceptors (Lipinski definition) is 5. The summed E-state index contributed by atoms with van der Waals surface area (Å²) in [4.78, 5) is 20.8. The monoisotopic (exact) mass is 282 g/mol. The molecule has 0 spiro atoms. The fraction of sp³-hybridized carbons (Fsp3) is 0.500. The molecule has 1 unspecified atom stereocenters. The van der Waals surface area contributed by atoms with Crippen molar-refractivity contribution in [3.8, 4) is 0 Å². The van der Waals surface area contributed by atoms with Crippen molar-refractivity contribution >= 4 is 11.6 Å². The van der Waals surface area contributed by atoms with Crippen LogP contribution in [0.5, 0.6) is 0 Å². The van der Waals surface area contributed by atoms with Gasteiger partial charge in [-0.1, -0.05) is 0 Å². The molecule has 0 aliphatic carbocycles. The summed E-state index contributed by atoms with van der Waals surface area (Å²) in [6.45, 7) is -1.48. The molecular formula is C8H9F3N4O4. The van der Waals surface area contributed by atoms with Gasteiger partial charge in [-0.25, -0.2) is 0 Å². The van der Waals surface area contributed by atoms with E-state index in [1.165, 1.54) is 0 Å². The zero-order valence-electron chi connectivity index (χ0n) is 9.29. The second-order valence-electron chi connectivity index (χ2n) is 3.51. The van der Waals surface area contributed by atoms with E-state index in [1.54, 1.807) is 0 Å². The van der Waals surface area contributed by atoms with Crippen LogP contribution in [0.3, 0.4) is 0 Å². The maximum absolute atomic E-state index is 11.9. The van der Waals surface area contributed by atoms with Gasteiger partial charge in [0.2, 0.25) is 5.91 Å². The van der Waals surface area contributed by atoms with Gasteiger partial charge in [0, 0.05) is 0 Å². The van der Waals surface area contributed by atoms with E-state index in [0.717, 1.165) is 17.1 Å². The van der Waals surface area contributed by atoms with Gasteiger partial charge >= 0.3 is 11.9 Å². The van der Waals surface area contributed by atoms with Gasteiger partial charge in [0.15, 0.2) is 6.10 Å². The molecule has 19 heavy (non-hydrogen) atoms. The third-order valence-corrected chi connectivity index (χ3v) is 2.01. The van der Waals surface area contributed by atoms with Gasteiger partial charge in [0.05, 0.1) is 11.5 Å². The summed E-state index contributed by atoms with van der Waals surface area (Å²) in [6, 6.07) is 0. The smallest absolute Gasteiger partial charge is 0.382 e. The normalized spacial score (nSPS) is 13.1. The topological polar surface area (TPSA) is 110 Å². The van der Waals surface area contributed by atoms with Crippen LogP contribution < -0.4 is 5.32 Å². The number of amides is 1. The molecule has 0 fully saturated rings. The van der Waals surface area contributed by atoms with Crippen molar-refractivity contribution in [1.82, 2.24) is 15.1 Å². The summed E-state index contributed by atoms with van der Waals surface area (Å²) in [5.74, 6) is -0.860. The lowest BCUT2D eigenvalue weighted by molar-refractivity contribution is -0.385. The lowest BCUT2D eigenvalue weighted by Gasteiger charge is -2.14. The number of aromatic nitrogens is 2. The fourth-order valence-corrected chi connectivity index (χ4v) is 1.06. The van der Waals surface area contributed by atoms with Gasteiger partial charge in [-0.05, 0) is 0 Å². The average Bonchev–Trinajstić information content (AvgIpc) is 2.73. The highest BCUT2D eigenvalue weighted by atomic mass is 19.4. The number of nitrogens with one attached hydrogen (secondary N) is 1. The Morgan fingerprint density at radius 3 is 2.74 bits per heavy atom. The first-order valence-corrected chi connectivity index (χ1v) is 4.88. The molecule has 1 rings (SSSR count). The molecule has 0 aliphatic heterocycles. The predicted molar refractivity (Wildman–Crippen MR) is 54.0 cm³/mol. The van der Waals surface area contributed by atoms with Gasteiger partial charge in [0.25, 0.3) is 0 Å². The van der Waals surface area contributed by atoms with Crippen LogP contribution in [0.25, 0.3) is 0 Å². The minimum atomic E-state index is -4.82. The fourth-order valence-electron chi connectivity index (χ4n) is 1.06. The zero-order valence-corrected chi connectivity index (χ0v) is 9.29. The number of carbonyl (C=O) groups is 1. The van der Waals surface area contributed by atoms with Gasteiger partial charge in [0.1, 0.15) is 18.9 Å². The Morgan fingerprint density at radius 2 is 2.26 bits per heavy atom. The van der Waals surface area contributed by atoms with E-state index in [4.69, 9.17) is 5.11 Å². The van der Waals surface area contributed by atoms with E-state index in [-0.39, 0.29) is 5.69 Å². The van der Waals surface area contributed by atoms with Crippen molar-refractivity contribution in [2.24, 2.45) is 0 Å². The lowest BCUT2D eigenvalue weighted by atomic mass is 10.3. The molecule has 1 heterocycles. The predicted octanol–water partition coefficient (Wildman–Crippen LogP) is -0.169. The highest BCUT2D eigenvalue weighted by Gasteiger charge is 2.38. The lowest BCUT2D eigenvalue weighted by Crippen LogP contribution is -2.41. The molecule has 0 saturated carbocycles. The second-order valence-corrected chi connectivity index (χ2v) is 3.51. The SMILES string of the molecule is O=C(Cn1cc([N+](=O)[O-])cn1)NCC(O)C(F)(F)F. The van der Waals surface area contributed by atoms with Crippen LogP contribution in [-0.2, 0) is 11.3 Å². The van der Waals surface area contributed by atoms with Gasteiger partial charge < -0.3 is 10.4 Å². The molecule has 11 heteroatoms. The minimum Gasteiger partial charge on any atom is -0.382 e. The second kappa shape index (κ2) is 5.65. The van der Waals surface area contributed by atoms with Crippen molar-refractivity contribution in [2.75, 3.05) is 6.54 Å². The van der Waals surface area contributed by atoms with E-state index >= 15 is 0 Å². The largest absolute Gasteiger partial charge is 0.416 e. The summed E-state index contributed by atoms with van der Waals surface area (Å²) < 4.78 is 36.7. The van der Waals surface area contributed by atoms with Crippen LogP contribution in [0.1, 0.15) is 0 Å². The molecule has 0 bridgehead atoms. The number of hydrogen-bond donors (Lipinski definition) is 2. The van der Waals surface area contributed by atoms with E-state index in [0.29, 0.717) is 0 Å². The van der Waals surface area contributed by atoms with E-state index in [9.17, 15) is 28.1 Å². The molecule has 0 aromatic carbocycles. The van der Waals surface area contributed by atoms with Crippen LogP contribution in [0.4, 0.5) is 18.9 Å². The molecule has 0 aliphatic rings. The van der Waals surface area contributed by atoms with Gasteiger partial charge in [-0.2, -0.15) is 18.3 Å². The Hall–Kier alpha value is -2.17. The van der Waals surface area contributed by atoms with Crippen LogP contribution in [0.15, 0.2) is 12.4 Å². The summed E-state index contributed by atoms with van der Waals surface area (Å²) in [5, 5.41) is 24.3. The minimum absolute atomic E-state index is 0.344. The third kappa shape index (κ3) is 4.54. The summed E-state index contributed by atoms with van der Waals surface area (Å²) in [5.41, 5.74) is -0.344. The Kier molecular flexibility index (Phi) is 4.43. The molecular weight excluding hydrogens is 273 g/mol. The van der Waals surface area contributed by atoms with E-state index < -0.39 is 36.2 Å².